The van der Waals surface area contributed by atoms with Crippen molar-refractivity contribution in [1.29, 1.82) is 0 Å². The predicted octanol–water partition coefficient (Wildman–Crippen LogP) is 3.26. The van der Waals surface area contributed by atoms with Crippen molar-refractivity contribution in [2.24, 2.45) is 23.7 Å². The minimum Gasteiger partial charge on any atom is -0.497 e. The second-order valence-electron chi connectivity index (χ2n) is 7.74. The average molecular weight is 388 g/mol. The Hall–Kier alpha value is -3.41. The fourth-order valence-corrected chi connectivity index (χ4v) is 4.82. The molecule has 1 aliphatic heterocycles. The van der Waals surface area contributed by atoms with E-state index >= 15 is 0 Å². The maximum atomic E-state index is 13.0. The predicted molar refractivity (Wildman–Crippen MR) is 108 cm³/mol. The largest absolute Gasteiger partial charge is 0.497 e. The zero-order chi connectivity index (χ0) is 20.1. The van der Waals surface area contributed by atoms with Gasteiger partial charge in [0, 0.05) is 11.3 Å². The zero-order valence-corrected chi connectivity index (χ0v) is 15.9. The summed E-state index contributed by atoms with van der Waals surface area (Å²) in [7, 11) is 1.58. The molecular weight excluding hydrogens is 368 g/mol. The van der Waals surface area contributed by atoms with Crippen molar-refractivity contribution < 1.29 is 19.1 Å². The van der Waals surface area contributed by atoms with Crippen LogP contribution in [0, 0.1) is 23.7 Å². The Labute approximate surface area is 168 Å². The van der Waals surface area contributed by atoms with Crippen molar-refractivity contribution in [3.05, 3.63) is 66.2 Å². The summed E-state index contributed by atoms with van der Waals surface area (Å²) in [6.07, 6.45) is 5.03. The summed E-state index contributed by atoms with van der Waals surface area (Å²) in [4.78, 5) is 39.9. The van der Waals surface area contributed by atoms with E-state index in [2.05, 4.69) is 17.5 Å². The van der Waals surface area contributed by atoms with Crippen LogP contribution in [-0.2, 0) is 9.59 Å². The standard InChI is InChI=1S/C23H20N2O4/c1-29-18-9-7-16(8-10-18)24-21(26)15-3-2-4-17(12-15)25-22(27)19-13-5-6-14(11-13)20(19)23(25)28/h2-10,12-14,19-20H,11H2,1H3,(H,24,26)/t13-,14+,19-,20+. The van der Waals surface area contributed by atoms with Gasteiger partial charge in [0.2, 0.25) is 11.8 Å². The molecule has 1 heterocycles. The van der Waals surface area contributed by atoms with Crippen LogP contribution in [0.2, 0.25) is 0 Å². The Kier molecular flexibility index (Phi) is 4.01. The van der Waals surface area contributed by atoms with Crippen molar-refractivity contribution in [2.45, 2.75) is 6.42 Å². The number of rotatable bonds is 4. The van der Waals surface area contributed by atoms with Gasteiger partial charge in [-0.05, 0) is 60.7 Å². The molecule has 2 aliphatic carbocycles. The van der Waals surface area contributed by atoms with Gasteiger partial charge in [0.1, 0.15) is 5.75 Å². The van der Waals surface area contributed by atoms with Gasteiger partial charge in [0.05, 0.1) is 24.6 Å². The number of benzene rings is 2. The van der Waals surface area contributed by atoms with Gasteiger partial charge in [0.15, 0.2) is 0 Å². The molecule has 2 aromatic carbocycles. The molecule has 2 fully saturated rings. The molecule has 0 aromatic heterocycles. The van der Waals surface area contributed by atoms with E-state index in [1.807, 2.05) is 0 Å². The summed E-state index contributed by atoms with van der Waals surface area (Å²) in [5.74, 6) is -0.0956. The van der Waals surface area contributed by atoms with Crippen molar-refractivity contribution in [2.75, 3.05) is 17.3 Å². The van der Waals surface area contributed by atoms with Gasteiger partial charge in [-0.25, -0.2) is 4.90 Å². The molecule has 2 aromatic rings. The molecular formula is C23H20N2O4. The quantitative estimate of drug-likeness (QED) is 0.644. The highest BCUT2D eigenvalue weighted by molar-refractivity contribution is 6.23. The van der Waals surface area contributed by atoms with Gasteiger partial charge < -0.3 is 10.1 Å². The Morgan fingerprint density at radius 1 is 1.00 bits per heavy atom. The molecule has 0 spiro atoms. The van der Waals surface area contributed by atoms with Crippen LogP contribution in [0.1, 0.15) is 16.8 Å². The molecule has 1 saturated carbocycles. The number of hydrogen-bond acceptors (Lipinski definition) is 4. The number of ether oxygens (including phenoxy) is 1. The van der Waals surface area contributed by atoms with Crippen LogP contribution in [0.15, 0.2) is 60.7 Å². The minimum absolute atomic E-state index is 0.149. The first-order valence-corrected chi connectivity index (χ1v) is 9.68. The number of amides is 3. The highest BCUT2D eigenvalue weighted by Gasteiger charge is 2.59. The first kappa shape index (κ1) is 17.7. The lowest BCUT2D eigenvalue weighted by Gasteiger charge is -2.18. The van der Waals surface area contributed by atoms with E-state index < -0.39 is 0 Å². The molecule has 4 atom stereocenters. The molecule has 0 radical (unpaired) electrons. The fourth-order valence-electron chi connectivity index (χ4n) is 4.82. The van der Waals surface area contributed by atoms with Crippen LogP contribution in [-0.4, -0.2) is 24.8 Å². The number of nitrogens with one attached hydrogen (secondary N) is 1. The van der Waals surface area contributed by atoms with Gasteiger partial charge in [-0.2, -0.15) is 0 Å². The zero-order valence-electron chi connectivity index (χ0n) is 15.9. The van der Waals surface area contributed by atoms with Crippen LogP contribution in [0.4, 0.5) is 11.4 Å². The number of anilines is 2. The Morgan fingerprint density at radius 2 is 1.66 bits per heavy atom. The first-order chi connectivity index (χ1) is 14.1. The Bertz CT molecular complexity index is 1010. The summed E-state index contributed by atoms with van der Waals surface area (Å²) in [6, 6.07) is 13.7. The Balaban J connectivity index is 1.38. The average Bonchev–Trinajstić information content (AvgIpc) is 3.42. The minimum atomic E-state index is -0.307. The summed E-state index contributed by atoms with van der Waals surface area (Å²) in [6.45, 7) is 0. The molecule has 6 heteroatoms. The van der Waals surface area contributed by atoms with Crippen molar-refractivity contribution in [3.63, 3.8) is 0 Å². The van der Waals surface area contributed by atoms with Gasteiger partial charge in [0.25, 0.3) is 5.91 Å². The van der Waals surface area contributed by atoms with Crippen LogP contribution in [0.25, 0.3) is 0 Å². The van der Waals surface area contributed by atoms with Crippen molar-refractivity contribution in [3.8, 4) is 5.75 Å². The Morgan fingerprint density at radius 3 is 2.28 bits per heavy atom. The summed E-state index contributed by atoms with van der Waals surface area (Å²) < 4.78 is 5.12. The maximum Gasteiger partial charge on any atom is 0.255 e. The van der Waals surface area contributed by atoms with E-state index in [0.29, 0.717) is 22.7 Å². The maximum absolute atomic E-state index is 13.0. The molecule has 1 saturated heterocycles. The molecule has 3 amide bonds. The lowest BCUT2D eigenvalue weighted by atomic mass is 9.85. The number of carbonyl (C=O) groups is 3. The SMILES string of the molecule is COc1ccc(NC(=O)c2cccc(N3C(=O)[C@@H]4[C@H](C3=O)[C@@H]3C=C[C@H]4C3)c2)cc1. The normalized spacial score (nSPS) is 26.7. The van der Waals surface area contributed by atoms with Gasteiger partial charge >= 0.3 is 0 Å². The van der Waals surface area contributed by atoms with Crippen molar-refractivity contribution in [1.82, 2.24) is 0 Å². The second-order valence-corrected chi connectivity index (χ2v) is 7.74. The van der Waals surface area contributed by atoms with E-state index in [9.17, 15) is 14.4 Å². The topological polar surface area (TPSA) is 75.7 Å². The summed E-state index contributed by atoms with van der Waals surface area (Å²) in [5.41, 5.74) is 1.47. The van der Waals surface area contributed by atoms with Gasteiger partial charge in [-0.1, -0.05) is 18.2 Å². The number of imide groups is 1. The van der Waals surface area contributed by atoms with E-state index in [1.165, 1.54) is 4.90 Å². The monoisotopic (exact) mass is 388 g/mol. The van der Waals surface area contributed by atoms with E-state index in [-0.39, 0.29) is 41.4 Å². The van der Waals surface area contributed by atoms with Crippen LogP contribution in [0.3, 0.4) is 0 Å². The lowest BCUT2D eigenvalue weighted by molar-refractivity contribution is -0.123. The molecule has 1 N–H and O–H groups in total. The molecule has 146 valence electrons. The highest BCUT2D eigenvalue weighted by Crippen LogP contribution is 2.53. The van der Waals surface area contributed by atoms with E-state index in [4.69, 9.17) is 4.74 Å². The number of nitrogens with zero attached hydrogens (tertiary/aromatic N) is 1. The number of methoxy groups -OCH3 is 1. The van der Waals surface area contributed by atoms with Crippen LogP contribution < -0.4 is 15.0 Å². The number of fused-ring (bicyclic) bond motifs is 5. The van der Waals surface area contributed by atoms with Crippen LogP contribution >= 0.6 is 0 Å². The van der Waals surface area contributed by atoms with E-state index in [0.717, 1.165) is 6.42 Å². The lowest BCUT2D eigenvalue weighted by Crippen LogP contribution is -2.33. The molecule has 2 bridgehead atoms. The third-order valence-corrected chi connectivity index (χ3v) is 6.18. The van der Waals surface area contributed by atoms with Gasteiger partial charge in [-0.3, -0.25) is 14.4 Å². The number of hydrogen-bond donors (Lipinski definition) is 1. The molecule has 29 heavy (non-hydrogen) atoms. The van der Waals surface area contributed by atoms with Crippen molar-refractivity contribution >= 4 is 29.1 Å². The van der Waals surface area contributed by atoms with Gasteiger partial charge in [-0.15, -0.1) is 0 Å². The number of allylic oxidation sites excluding steroid dienone is 2. The number of carbonyl (C=O) groups excluding carboxylic acids is 3. The molecule has 0 unspecified atom stereocenters. The van der Waals surface area contributed by atoms with Crippen LogP contribution in [0.5, 0.6) is 5.75 Å². The first-order valence-electron chi connectivity index (χ1n) is 9.68. The summed E-state index contributed by atoms with van der Waals surface area (Å²) in [5, 5.41) is 2.82. The third kappa shape index (κ3) is 2.75. The molecule has 3 aliphatic rings. The summed E-state index contributed by atoms with van der Waals surface area (Å²) >= 11 is 0. The second kappa shape index (κ2) is 6.58. The highest BCUT2D eigenvalue weighted by atomic mass is 16.5. The fraction of sp³-hybridized carbons (Fsp3) is 0.261. The molecule has 6 nitrogen and oxygen atoms in total. The smallest absolute Gasteiger partial charge is 0.255 e. The van der Waals surface area contributed by atoms with E-state index in [1.54, 1.807) is 55.6 Å². The third-order valence-electron chi connectivity index (χ3n) is 6.18. The molecule has 5 rings (SSSR count).